The number of amides is 1. The molecule has 1 heterocycles. The Balaban J connectivity index is 1.48. The van der Waals surface area contributed by atoms with Crippen molar-refractivity contribution in [2.45, 2.75) is 32.6 Å². The second kappa shape index (κ2) is 11.3. The molecule has 174 valence electrons. The van der Waals surface area contributed by atoms with Gasteiger partial charge in [-0.1, -0.05) is 72.8 Å². The van der Waals surface area contributed by atoms with Gasteiger partial charge in [0.15, 0.2) is 5.69 Å². The van der Waals surface area contributed by atoms with E-state index < -0.39 is 0 Å². The highest BCUT2D eigenvalue weighted by Crippen LogP contribution is 2.25. The molecule has 4 rings (SSSR count). The van der Waals surface area contributed by atoms with Gasteiger partial charge in [0.1, 0.15) is 12.0 Å². The lowest BCUT2D eigenvalue weighted by molar-refractivity contribution is 0.0945. The maximum absolute atomic E-state index is 12.6. The second-order valence-corrected chi connectivity index (χ2v) is 8.14. The molecule has 0 aliphatic heterocycles. The first kappa shape index (κ1) is 23.3. The Morgan fingerprint density at radius 1 is 0.971 bits per heavy atom. The van der Waals surface area contributed by atoms with Gasteiger partial charge in [-0.25, -0.2) is 4.98 Å². The summed E-state index contributed by atoms with van der Waals surface area (Å²) < 4.78 is 11.1. The number of oxazole rings is 1. The largest absolute Gasteiger partial charge is 0.497 e. The molecule has 1 atom stereocenters. The number of carbonyl (C=O) groups is 1. The molecule has 0 spiro atoms. The molecule has 1 amide bonds. The molecule has 0 saturated carbocycles. The summed E-state index contributed by atoms with van der Waals surface area (Å²) in [5.74, 6) is 1.06. The molecular weight excluding hydrogens is 426 g/mol. The summed E-state index contributed by atoms with van der Waals surface area (Å²) in [5.41, 5.74) is 3.62. The monoisotopic (exact) mass is 455 g/mol. The number of hydrogen-bond donors (Lipinski definition) is 1. The Kier molecular flexibility index (Phi) is 7.73. The minimum atomic E-state index is -0.255. The van der Waals surface area contributed by atoms with Crippen LogP contribution in [-0.4, -0.2) is 22.9 Å². The number of aromatic nitrogens is 1. The fraction of sp³-hybridized carbons (Fsp3) is 0.214. The van der Waals surface area contributed by atoms with Crippen LogP contribution in [0.1, 0.15) is 46.0 Å². The van der Waals surface area contributed by atoms with Crippen molar-refractivity contribution in [2.75, 3.05) is 7.11 Å². The number of carbonyl (C=O) groups excluding carboxylic acids is 1. The number of nitrogens with zero attached hydrogens (tertiary/aromatic N) is 2. The van der Waals surface area contributed by atoms with Gasteiger partial charge in [-0.05, 0) is 35.7 Å². The van der Waals surface area contributed by atoms with E-state index in [1.807, 2.05) is 66.7 Å². The Labute approximate surface area is 200 Å². The first-order chi connectivity index (χ1) is 16.6. The number of hydrogen-bond acceptors (Lipinski definition) is 5. The number of methoxy groups -OCH3 is 1. The normalized spacial score (nSPS) is 11.9. The highest BCUT2D eigenvalue weighted by molar-refractivity contribution is 5.91. The SMILES string of the molecule is COc1cccc(CN(Cc2nc(C(=O)NCc3ccccc3)co2)[C@H](C)c2ccccc2)c1. The van der Waals surface area contributed by atoms with Crippen molar-refractivity contribution in [1.82, 2.24) is 15.2 Å². The van der Waals surface area contributed by atoms with Crippen LogP contribution in [0, 0.1) is 0 Å². The standard InChI is InChI=1S/C28H29N3O3/c1-21(24-13-7-4-8-14-24)31(18-23-12-9-15-25(16-23)33-2)19-27-30-26(20-34-27)28(32)29-17-22-10-5-3-6-11-22/h3-16,20-21H,17-19H2,1-2H3,(H,29,32)/t21-/m1/s1. The molecule has 1 aromatic heterocycles. The Morgan fingerprint density at radius 3 is 2.41 bits per heavy atom. The van der Waals surface area contributed by atoms with Gasteiger partial charge in [0.2, 0.25) is 5.89 Å². The van der Waals surface area contributed by atoms with Crippen LogP contribution in [0.2, 0.25) is 0 Å². The van der Waals surface area contributed by atoms with Crippen molar-refractivity contribution in [3.05, 3.63) is 119 Å². The molecule has 0 radical (unpaired) electrons. The minimum Gasteiger partial charge on any atom is -0.497 e. The van der Waals surface area contributed by atoms with E-state index in [9.17, 15) is 4.79 Å². The lowest BCUT2D eigenvalue weighted by atomic mass is 10.1. The van der Waals surface area contributed by atoms with Gasteiger partial charge in [-0.3, -0.25) is 9.69 Å². The van der Waals surface area contributed by atoms with Crippen molar-refractivity contribution in [3.8, 4) is 5.75 Å². The molecule has 3 aromatic carbocycles. The molecule has 34 heavy (non-hydrogen) atoms. The van der Waals surface area contributed by atoms with Gasteiger partial charge < -0.3 is 14.5 Å². The van der Waals surface area contributed by atoms with E-state index in [1.54, 1.807) is 7.11 Å². The van der Waals surface area contributed by atoms with E-state index in [-0.39, 0.29) is 17.6 Å². The van der Waals surface area contributed by atoms with Crippen LogP contribution in [0.5, 0.6) is 5.75 Å². The average Bonchev–Trinajstić information content (AvgIpc) is 3.36. The van der Waals surface area contributed by atoms with Crippen LogP contribution in [-0.2, 0) is 19.6 Å². The van der Waals surface area contributed by atoms with Crippen LogP contribution in [0.4, 0.5) is 0 Å². The first-order valence-electron chi connectivity index (χ1n) is 11.3. The molecule has 0 fully saturated rings. The van der Waals surface area contributed by atoms with Crippen LogP contribution >= 0.6 is 0 Å². The molecule has 0 aliphatic carbocycles. The number of rotatable bonds is 10. The van der Waals surface area contributed by atoms with Crippen LogP contribution < -0.4 is 10.1 Å². The van der Waals surface area contributed by atoms with Gasteiger partial charge in [-0.15, -0.1) is 0 Å². The lowest BCUT2D eigenvalue weighted by Crippen LogP contribution is -2.27. The zero-order chi connectivity index (χ0) is 23.8. The highest BCUT2D eigenvalue weighted by Gasteiger charge is 2.20. The predicted octanol–water partition coefficient (Wildman–Crippen LogP) is 5.38. The predicted molar refractivity (Wildman–Crippen MR) is 131 cm³/mol. The summed E-state index contributed by atoms with van der Waals surface area (Å²) in [5, 5.41) is 2.89. The van der Waals surface area contributed by atoms with Gasteiger partial charge in [0, 0.05) is 19.1 Å². The van der Waals surface area contributed by atoms with Gasteiger partial charge in [0.05, 0.1) is 13.7 Å². The lowest BCUT2D eigenvalue weighted by Gasteiger charge is -2.28. The summed E-state index contributed by atoms with van der Waals surface area (Å²) in [6, 6.07) is 28.2. The summed E-state index contributed by atoms with van der Waals surface area (Å²) in [7, 11) is 1.67. The summed E-state index contributed by atoms with van der Waals surface area (Å²) >= 11 is 0. The molecule has 6 nitrogen and oxygen atoms in total. The molecule has 0 bridgehead atoms. The Bertz CT molecular complexity index is 1190. The number of benzene rings is 3. The quantitative estimate of drug-likeness (QED) is 0.348. The fourth-order valence-corrected chi connectivity index (χ4v) is 3.81. The maximum Gasteiger partial charge on any atom is 0.273 e. The van der Waals surface area contributed by atoms with E-state index in [1.165, 1.54) is 11.8 Å². The van der Waals surface area contributed by atoms with Crippen molar-refractivity contribution in [3.63, 3.8) is 0 Å². The van der Waals surface area contributed by atoms with Gasteiger partial charge in [-0.2, -0.15) is 0 Å². The van der Waals surface area contributed by atoms with Crippen molar-refractivity contribution >= 4 is 5.91 Å². The van der Waals surface area contributed by atoms with E-state index in [0.29, 0.717) is 25.5 Å². The summed E-state index contributed by atoms with van der Waals surface area (Å²) in [4.78, 5) is 19.3. The average molecular weight is 456 g/mol. The topological polar surface area (TPSA) is 67.6 Å². The first-order valence-corrected chi connectivity index (χ1v) is 11.3. The fourth-order valence-electron chi connectivity index (χ4n) is 3.81. The Hall–Kier alpha value is -3.90. The van der Waals surface area contributed by atoms with Crippen molar-refractivity contribution < 1.29 is 13.9 Å². The third-order valence-corrected chi connectivity index (χ3v) is 5.77. The van der Waals surface area contributed by atoms with Crippen molar-refractivity contribution in [2.24, 2.45) is 0 Å². The minimum absolute atomic E-state index is 0.106. The van der Waals surface area contributed by atoms with Crippen LogP contribution in [0.25, 0.3) is 0 Å². The number of nitrogens with one attached hydrogen (secondary N) is 1. The number of ether oxygens (including phenoxy) is 1. The molecule has 0 saturated heterocycles. The molecular formula is C28H29N3O3. The van der Waals surface area contributed by atoms with Gasteiger partial charge in [0.25, 0.3) is 5.91 Å². The van der Waals surface area contributed by atoms with E-state index in [4.69, 9.17) is 9.15 Å². The molecule has 0 aliphatic rings. The van der Waals surface area contributed by atoms with Crippen molar-refractivity contribution in [1.29, 1.82) is 0 Å². The van der Waals surface area contributed by atoms with E-state index >= 15 is 0 Å². The third-order valence-electron chi connectivity index (χ3n) is 5.77. The maximum atomic E-state index is 12.6. The van der Waals surface area contributed by atoms with Crippen LogP contribution in [0.15, 0.2) is 95.6 Å². The second-order valence-electron chi connectivity index (χ2n) is 8.14. The zero-order valence-corrected chi connectivity index (χ0v) is 19.5. The zero-order valence-electron chi connectivity index (χ0n) is 19.5. The highest BCUT2D eigenvalue weighted by atomic mass is 16.5. The third kappa shape index (κ3) is 6.11. The summed E-state index contributed by atoms with van der Waals surface area (Å²) in [6.45, 7) is 3.73. The van der Waals surface area contributed by atoms with E-state index in [0.717, 1.165) is 16.9 Å². The van der Waals surface area contributed by atoms with Crippen LogP contribution in [0.3, 0.4) is 0 Å². The Morgan fingerprint density at radius 2 is 1.68 bits per heavy atom. The molecule has 1 N–H and O–H groups in total. The smallest absolute Gasteiger partial charge is 0.273 e. The molecule has 6 heteroatoms. The molecule has 0 unspecified atom stereocenters. The molecule has 4 aromatic rings. The summed E-state index contributed by atoms with van der Waals surface area (Å²) in [6.07, 6.45) is 1.42. The van der Waals surface area contributed by atoms with Gasteiger partial charge >= 0.3 is 0 Å². The van der Waals surface area contributed by atoms with E-state index in [2.05, 4.69) is 40.3 Å².